The summed E-state index contributed by atoms with van der Waals surface area (Å²) in [5.41, 5.74) is 4.98. The molecule has 1 aliphatic rings. The van der Waals surface area contributed by atoms with Crippen molar-refractivity contribution in [3.05, 3.63) is 24.0 Å². The molecule has 3 aromatic rings. The molecule has 0 aliphatic carbocycles. The van der Waals surface area contributed by atoms with Crippen LogP contribution in [0.4, 0.5) is 24.8 Å². The molecule has 0 fully saturated rings. The number of anilines is 2. The van der Waals surface area contributed by atoms with Gasteiger partial charge in [-0.25, -0.2) is 9.97 Å². The zero-order valence-electron chi connectivity index (χ0n) is 17.4. The van der Waals surface area contributed by atoms with Crippen LogP contribution in [-0.2, 0) is 26.3 Å². The summed E-state index contributed by atoms with van der Waals surface area (Å²) < 4.78 is 49.2. The second-order valence-corrected chi connectivity index (χ2v) is 7.34. The van der Waals surface area contributed by atoms with E-state index in [0.717, 1.165) is 4.68 Å². The predicted molar refractivity (Wildman–Crippen MR) is 106 cm³/mol. The molecular weight excluding hydrogens is 447 g/mol. The zero-order valence-corrected chi connectivity index (χ0v) is 17.4. The molecule has 0 aromatic carbocycles. The van der Waals surface area contributed by atoms with Crippen molar-refractivity contribution in [2.75, 3.05) is 17.7 Å². The van der Waals surface area contributed by atoms with E-state index in [0.29, 0.717) is 0 Å². The lowest BCUT2D eigenvalue weighted by molar-refractivity contribution is -0.152. The lowest BCUT2D eigenvalue weighted by Crippen LogP contribution is -2.41. The molecule has 1 amide bonds. The fourth-order valence-electron chi connectivity index (χ4n) is 3.47. The van der Waals surface area contributed by atoms with Crippen LogP contribution in [0.15, 0.2) is 22.9 Å². The van der Waals surface area contributed by atoms with Crippen LogP contribution in [0.3, 0.4) is 0 Å². The average Bonchev–Trinajstić information content (AvgIpc) is 3.45. The number of carbonyl (C=O) groups excluding carboxylic acids is 2. The maximum Gasteiger partial charge on any atom is 0.390 e. The molecule has 14 heteroatoms. The summed E-state index contributed by atoms with van der Waals surface area (Å²) in [4.78, 5) is 33.4. The van der Waals surface area contributed by atoms with Gasteiger partial charge in [0.25, 0.3) is 0 Å². The average molecular weight is 465 g/mol. The molecule has 0 spiro atoms. The molecule has 0 bridgehead atoms. The van der Waals surface area contributed by atoms with Crippen molar-refractivity contribution in [1.29, 1.82) is 0 Å². The standard InChI is InChI=1S/C19H18F3N7O4/c1-3-32-17(31)18(2)12-13(23)24-14(25-15(12)26-16(18)30)10-8-11(9-4-7-33-28-9)29(27-10)6-5-19(20,21)22/h4,7-8H,3,5-6H2,1-2H3,(H3,23,24,25,26,30)/t18-/m0/s1. The Morgan fingerprint density at radius 2 is 2.09 bits per heavy atom. The Bertz CT molecular complexity index is 1220. The van der Waals surface area contributed by atoms with Gasteiger partial charge in [-0.1, -0.05) is 5.16 Å². The van der Waals surface area contributed by atoms with Crippen LogP contribution in [0.25, 0.3) is 22.9 Å². The largest absolute Gasteiger partial charge is 0.465 e. The van der Waals surface area contributed by atoms with Crippen LogP contribution in [-0.4, -0.2) is 49.6 Å². The number of amides is 1. The van der Waals surface area contributed by atoms with Gasteiger partial charge in [-0.05, 0) is 19.9 Å². The number of hydrogen-bond acceptors (Lipinski definition) is 9. The van der Waals surface area contributed by atoms with Crippen molar-refractivity contribution in [3.8, 4) is 22.9 Å². The smallest absolute Gasteiger partial charge is 0.390 e. The highest BCUT2D eigenvalue weighted by atomic mass is 19.4. The molecule has 11 nitrogen and oxygen atoms in total. The first kappa shape index (κ1) is 22.2. The fourth-order valence-corrected chi connectivity index (χ4v) is 3.47. The van der Waals surface area contributed by atoms with Gasteiger partial charge in [0.05, 0.1) is 30.8 Å². The number of aryl methyl sites for hydroxylation is 1. The molecule has 33 heavy (non-hydrogen) atoms. The minimum atomic E-state index is -4.40. The molecule has 3 N–H and O–H groups in total. The number of nitrogens with one attached hydrogen (secondary N) is 1. The first-order valence-corrected chi connectivity index (χ1v) is 9.77. The lowest BCUT2D eigenvalue weighted by Gasteiger charge is -2.20. The summed E-state index contributed by atoms with van der Waals surface area (Å²) in [5.74, 6) is -1.74. The van der Waals surface area contributed by atoms with E-state index in [9.17, 15) is 22.8 Å². The van der Waals surface area contributed by atoms with E-state index < -0.39 is 36.4 Å². The molecule has 1 atom stereocenters. The first-order valence-electron chi connectivity index (χ1n) is 9.77. The van der Waals surface area contributed by atoms with Crippen LogP contribution in [0.1, 0.15) is 25.8 Å². The molecule has 0 unspecified atom stereocenters. The van der Waals surface area contributed by atoms with Gasteiger partial charge >= 0.3 is 12.1 Å². The maximum absolute atomic E-state index is 12.8. The second-order valence-electron chi connectivity index (χ2n) is 7.34. The fraction of sp³-hybridized carbons (Fsp3) is 0.368. The number of esters is 1. The van der Waals surface area contributed by atoms with Gasteiger partial charge in [-0.15, -0.1) is 0 Å². The van der Waals surface area contributed by atoms with E-state index in [1.165, 1.54) is 25.3 Å². The van der Waals surface area contributed by atoms with E-state index in [2.05, 4.69) is 25.5 Å². The summed E-state index contributed by atoms with van der Waals surface area (Å²) >= 11 is 0. The van der Waals surface area contributed by atoms with Crippen LogP contribution in [0, 0.1) is 0 Å². The first-order chi connectivity index (χ1) is 15.5. The monoisotopic (exact) mass is 465 g/mol. The number of alkyl halides is 3. The summed E-state index contributed by atoms with van der Waals surface area (Å²) in [6, 6.07) is 2.89. The van der Waals surface area contributed by atoms with Crippen molar-refractivity contribution in [2.24, 2.45) is 0 Å². The Hall–Kier alpha value is -3.97. The molecule has 3 aromatic heterocycles. The van der Waals surface area contributed by atoms with Gasteiger partial charge < -0.3 is 20.3 Å². The van der Waals surface area contributed by atoms with Crippen molar-refractivity contribution >= 4 is 23.5 Å². The molecule has 4 rings (SSSR count). The van der Waals surface area contributed by atoms with E-state index in [4.69, 9.17) is 15.0 Å². The Morgan fingerprint density at radius 1 is 1.33 bits per heavy atom. The summed E-state index contributed by atoms with van der Waals surface area (Å²) in [5, 5.41) is 10.4. The van der Waals surface area contributed by atoms with E-state index in [-0.39, 0.29) is 46.7 Å². The van der Waals surface area contributed by atoms with Crippen LogP contribution < -0.4 is 11.1 Å². The quantitative estimate of drug-likeness (QED) is 0.413. The van der Waals surface area contributed by atoms with Crippen LogP contribution in [0.2, 0.25) is 0 Å². The number of rotatable bonds is 6. The molecule has 1 aliphatic heterocycles. The number of nitrogen functional groups attached to an aromatic ring is 1. The minimum absolute atomic E-state index is 0.00844. The van der Waals surface area contributed by atoms with E-state index in [1.807, 2.05) is 0 Å². The molecule has 0 saturated carbocycles. The zero-order chi connectivity index (χ0) is 24.0. The van der Waals surface area contributed by atoms with Crippen LogP contribution in [0.5, 0.6) is 0 Å². The third kappa shape index (κ3) is 3.87. The Kier molecular flexibility index (Phi) is 5.30. The number of hydrogen-bond donors (Lipinski definition) is 2. The highest BCUT2D eigenvalue weighted by Gasteiger charge is 2.53. The highest BCUT2D eigenvalue weighted by Crippen LogP contribution is 2.41. The molecule has 4 heterocycles. The molecule has 0 saturated heterocycles. The number of fused-ring (bicyclic) bond motifs is 1. The molecular formula is C19H18F3N7O4. The minimum Gasteiger partial charge on any atom is -0.465 e. The number of halogens is 3. The number of ether oxygens (including phenoxy) is 1. The van der Waals surface area contributed by atoms with Gasteiger partial charge in [0.2, 0.25) is 5.91 Å². The SMILES string of the molecule is CCOC(=O)[C@]1(C)C(=O)Nc2nc(-c3cc(-c4ccon4)n(CCC(F)(F)F)n3)nc(N)c21. The summed E-state index contributed by atoms with van der Waals surface area (Å²) in [6.45, 7) is 2.51. The van der Waals surface area contributed by atoms with E-state index in [1.54, 1.807) is 6.92 Å². The van der Waals surface area contributed by atoms with Gasteiger partial charge in [0.15, 0.2) is 11.2 Å². The van der Waals surface area contributed by atoms with Crippen molar-refractivity contribution in [2.45, 2.75) is 38.4 Å². The maximum atomic E-state index is 12.8. The van der Waals surface area contributed by atoms with Crippen LogP contribution >= 0.6 is 0 Å². The van der Waals surface area contributed by atoms with Crippen molar-refractivity contribution < 1.29 is 32.0 Å². The van der Waals surface area contributed by atoms with Gasteiger partial charge in [0, 0.05) is 6.07 Å². The number of nitrogens with two attached hydrogens (primary N) is 1. The molecule has 0 radical (unpaired) electrons. The van der Waals surface area contributed by atoms with E-state index >= 15 is 0 Å². The Labute approximate surface area is 184 Å². The lowest BCUT2D eigenvalue weighted by atomic mass is 9.84. The third-order valence-electron chi connectivity index (χ3n) is 5.12. The van der Waals surface area contributed by atoms with Gasteiger partial charge in [-0.2, -0.15) is 18.3 Å². The third-order valence-corrected chi connectivity index (χ3v) is 5.12. The Balaban J connectivity index is 1.77. The molecule has 174 valence electrons. The number of carbonyl (C=O) groups is 2. The van der Waals surface area contributed by atoms with Crippen molar-refractivity contribution in [3.63, 3.8) is 0 Å². The topological polar surface area (TPSA) is 151 Å². The predicted octanol–water partition coefficient (Wildman–Crippen LogP) is 2.30. The summed E-state index contributed by atoms with van der Waals surface area (Å²) in [7, 11) is 0. The highest BCUT2D eigenvalue weighted by molar-refractivity contribution is 6.19. The normalized spacial score (nSPS) is 17.7. The van der Waals surface area contributed by atoms with Gasteiger partial charge in [-0.3, -0.25) is 14.3 Å². The number of nitrogens with zero attached hydrogens (tertiary/aromatic N) is 5. The van der Waals surface area contributed by atoms with Crippen molar-refractivity contribution in [1.82, 2.24) is 24.9 Å². The number of aromatic nitrogens is 5. The van der Waals surface area contributed by atoms with Gasteiger partial charge in [0.1, 0.15) is 29.3 Å². The summed E-state index contributed by atoms with van der Waals surface area (Å²) in [6.07, 6.45) is -4.25. The second kappa shape index (κ2) is 7.86. The Morgan fingerprint density at radius 3 is 2.73 bits per heavy atom.